The number of carbonyl (C=O) groups is 1. The van der Waals surface area contributed by atoms with Crippen molar-refractivity contribution in [3.05, 3.63) is 59.4 Å². The minimum Gasteiger partial charge on any atom is -0.497 e. The van der Waals surface area contributed by atoms with E-state index in [0.717, 1.165) is 54.3 Å². The number of amides is 1. The molecule has 1 aliphatic rings. The second-order valence-corrected chi connectivity index (χ2v) is 6.36. The highest BCUT2D eigenvalue weighted by molar-refractivity contribution is 5.96. The van der Waals surface area contributed by atoms with E-state index in [1.165, 1.54) is 5.57 Å². The second-order valence-electron chi connectivity index (χ2n) is 6.36. The molecule has 1 saturated heterocycles. The molecular weight excluding hydrogens is 300 g/mol. The SMILES string of the molecule is C=C1CCN(C(=O)c2cc(C)n(-c3cccc(OC)c3)c2C)CC1. The van der Waals surface area contributed by atoms with Gasteiger partial charge in [-0.2, -0.15) is 0 Å². The lowest BCUT2D eigenvalue weighted by Crippen LogP contribution is -2.36. The van der Waals surface area contributed by atoms with Crippen LogP contribution in [-0.2, 0) is 0 Å². The number of likely N-dealkylation sites (tertiary alicyclic amines) is 1. The minimum atomic E-state index is 0.116. The largest absolute Gasteiger partial charge is 0.497 e. The fraction of sp³-hybridized carbons (Fsp3) is 0.350. The van der Waals surface area contributed by atoms with E-state index in [0.29, 0.717) is 0 Å². The Labute approximate surface area is 143 Å². The zero-order valence-electron chi connectivity index (χ0n) is 14.6. The summed E-state index contributed by atoms with van der Waals surface area (Å²) in [5.41, 5.74) is 5.04. The molecule has 1 aliphatic heterocycles. The van der Waals surface area contributed by atoms with E-state index >= 15 is 0 Å². The Kier molecular flexibility index (Phi) is 4.47. The molecule has 4 nitrogen and oxygen atoms in total. The van der Waals surface area contributed by atoms with Gasteiger partial charge >= 0.3 is 0 Å². The topological polar surface area (TPSA) is 34.5 Å². The molecule has 0 spiro atoms. The van der Waals surface area contributed by atoms with E-state index < -0.39 is 0 Å². The highest BCUT2D eigenvalue weighted by atomic mass is 16.5. The lowest BCUT2D eigenvalue weighted by Gasteiger charge is -2.28. The number of aryl methyl sites for hydroxylation is 1. The molecule has 0 atom stereocenters. The Bertz CT molecular complexity index is 779. The van der Waals surface area contributed by atoms with Crippen molar-refractivity contribution in [2.75, 3.05) is 20.2 Å². The molecule has 2 heterocycles. The molecule has 1 aromatic heterocycles. The van der Waals surface area contributed by atoms with Crippen LogP contribution in [0.1, 0.15) is 34.6 Å². The van der Waals surface area contributed by atoms with Crippen LogP contribution in [0, 0.1) is 13.8 Å². The number of carbonyl (C=O) groups excluding carboxylic acids is 1. The van der Waals surface area contributed by atoms with Gasteiger partial charge in [0, 0.05) is 36.2 Å². The predicted molar refractivity (Wildman–Crippen MR) is 96.1 cm³/mol. The molecule has 0 unspecified atom stereocenters. The first-order chi connectivity index (χ1) is 11.5. The van der Waals surface area contributed by atoms with Crippen molar-refractivity contribution in [3.63, 3.8) is 0 Å². The molecule has 3 rings (SSSR count). The lowest BCUT2D eigenvalue weighted by atomic mass is 10.0. The second kappa shape index (κ2) is 6.56. The van der Waals surface area contributed by atoms with E-state index in [4.69, 9.17) is 4.74 Å². The van der Waals surface area contributed by atoms with Gasteiger partial charge in [0.25, 0.3) is 5.91 Å². The van der Waals surface area contributed by atoms with Crippen LogP contribution >= 0.6 is 0 Å². The smallest absolute Gasteiger partial charge is 0.255 e. The van der Waals surface area contributed by atoms with Crippen LogP contribution in [0.2, 0.25) is 0 Å². The number of rotatable bonds is 3. The molecule has 126 valence electrons. The highest BCUT2D eigenvalue weighted by Gasteiger charge is 2.24. The Morgan fingerprint density at radius 1 is 1.17 bits per heavy atom. The summed E-state index contributed by atoms with van der Waals surface area (Å²) in [4.78, 5) is 14.8. The highest BCUT2D eigenvalue weighted by Crippen LogP contribution is 2.25. The summed E-state index contributed by atoms with van der Waals surface area (Å²) in [6, 6.07) is 9.89. The van der Waals surface area contributed by atoms with E-state index in [9.17, 15) is 4.79 Å². The molecule has 0 aliphatic carbocycles. The van der Waals surface area contributed by atoms with Gasteiger partial charge in [0.15, 0.2) is 0 Å². The van der Waals surface area contributed by atoms with Gasteiger partial charge in [-0.05, 0) is 44.9 Å². The minimum absolute atomic E-state index is 0.116. The molecule has 0 bridgehead atoms. The number of methoxy groups -OCH3 is 1. The number of nitrogens with zero attached hydrogens (tertiary/aromatic N) is 2. The van der Waals surface area contributed by atoms with Gasteiger partial charge in [-0.1, -0.05) is 18.2 Å². The summed E-state index contributed by atoms with van der Waals surface area (Å²) in [5.74, 6) is 0.923. The number of aromatic nitrogens is 1. The van der Waals surface area contributed by atoms with Crippen LogP contribution < -0.4 is 4.74 Å². The fourth-order valence-electron chi connectivity index (χ4n) is 3.32. The van der Waals surface area contributed by atoms with Crippen LogP contribution in [-0.4, -0.2) is 35.6 Å². The van der Waals surface area contributed by atoms with Crippen LogP contribution in [0.15, 0.2) is 42.5 Å². The summed E-state index contributed by atoms with van der Waals surface area (Å²) < 4.78 is 7.43. The molecule has 1 amide bonds. The van der Waals surface area contributed by atoms with Crippen LogP contribution in [0.5, 0.6) is 5.75 Å². The molecule has 2 aromatic rings. The zero-order chi connectivity index (χ0) is 17.3. The van der Waals surface area contributed by atoms with Gasteiger partial charge in [-0.25, -0.2) is 0 Å². The maximum Gasteiger partial charge on any atom is 0.255 e. The van der Waals surface area contributed by atoms with Gasteiger partial charge in [0.1, 0.15) is 5.75 Å². The van der Waals surface area contributed by atoms with Crippen LogP contribution in [0.25, 0.3) is 5.69 Å². The van der Waals surface area contributed by atoms with Crippen molar-refractivity contribution in [3.8, 4) is 11.4 Å². The molecule has 1 fully saturated rings. The molecule has 24 heavy (non-hydrogen) atoms. The molecule has 0 radical (unpaired) electrons. The Morgan fingerprint density at radius 3 is 2.54 bits per heavy atom. The third-order valence-corrected chi connectivity index (χ3v) is 4.73. The standard InChI is InChI=1S/C20H24N2O2/c1-14-8-10-21(11-9-14)20(23)19-12-15(2)22(16(19)3)17-6-5-7-18(13-17)24-4/h5-7,12-13H,1,8-11H2,2-4H3. The van der Waals surface area contributed by atoms with Gasteiger partial charge < -0.3 is 14.2 Å². The lowest BCUT2D eigenvalue weighted by molar-refractivity contribution is 0.0743. The molecule has 0 N–H and O–H groups in total. The fourth-order valence-corrected chi connectivity index (χ4v) is 3.32. The van der Waals surface area contributed by atoms with Crippen LogP contribution in [0.4, 0.5) is 0 Å². The average molecular weight is 324 g/mol. The van der Waals surface area contributed by atoms with E-state index in [2.05, 4.69) is 11.1 Å². The maximum atomic E-state index is 12.9. The summed E-state index contributed by atoms with van der Waals surface area (Å²) in [6.45, 7) is 9.58. The Hall–Kier alpha value is -2.49. The van der Waals surface area contributed by atoms with Crippen molar-refractivity contribution in [2.24, 2.45) is 0 Å². The quantitative estimate of drug-likeness (QED) is 0.803. The Balaban J connectivity index is 1.94. The normalized spacial score (nSPS) is 14.8. The first kappa shape index (κ1) is 16.4. The summed E-state index contributed by atoms with van der Waals surface area (Å²) >= 11 is 0. The zero-order valence-corrected chi connectivity index (χ0v) is 14.6. The monoisotopic (exact) mass is 324 g/mol. The molecular formula is C20H24N2O2. The number of hydrogen-bond acceptors (Lipinski definition) is 2. The van der Waals surface area contributed by atoms with Gasteiger partial charge in [0.05, 0.1) is 12.7 Å². The summed E-state index contributed by atoms with van der Waals surface area (Å²) in [5, 5.41) is 0. The van der Waals surface area contributed by atoms with Crippen LogP contribution in [0.3, 0.4) is 0 Å². The summed E-state index contributed by atoms with van der Waals surface area (Å²) in [7, 11) is 1.66. The van der Waals surface area contributed by atoms with Gasteiger partial charge in [-0.3, -0.25) is 4.79 Å². The van der Waals surface area contributed by atoms with Crippen molar-refractivity contribution in [1.29, 1.82) is 0 Å². The number of benzene rings is 1. The molecule has 4 heteroatoms. The van der Waals surface area contributed by atoms with Crippen molar-refractivity contribution in [1.82, 2.24) is 9.47 Å². The first-order valence-electron chi connectivity index (χ1n) is 8.30. The third-order valence-electron chi connectivity index (χ3n) is 4.73. The van der Waals surface area contributed by atoms with Crippen molar-refractivity contribution in [2.45, 2.75) is 26.7 Å². The van der Waals surface area contributed by atoms with E-state index in [1.54, 1.807) is 7.11 Å². The molecule has 1 aromatic carbocycles. The van der Waals surface area contributed by atoms with Crippen molar-refractivity contribution >= 4 is 5.91 Å². The number of piperidine rings is 1. The van der Waals surface area contributed by atoms with E-state index in [1.807, 2.05) is 49.1 Å². The Morgan fingerprint density at radius 2 is 1.88 bits per heavy atom. The predicted octanol–water partition coefficient (Wildman–Crippen LogP) is 3.89. The average Bonchev–Trinajstić information content (AvgIpc) is 2.89. The van der Waals surface area contributed by atoms with E-state index in [-0.39, 0.29) is 5.91 Å². The number of ether oxygens (including phenoxy) is 1. The van der Waals surface area contributed by atoms with Gasteiger partial charge in [-0.15, -0.1) is 0 Å². The third kappa shape index (κ3) is 2.96. The van der Waals surface area contributed by atoms with Gasteiger partial charge in [0.2, 0.25) is 0 Å². The van der Waals surface area contributed by atoms with Crippen molar-refractivity contribution < 1.29 is 9.53 Å². The number of hydrogen-bond donors (Lipinski definition) is 0. The molecule has 0 saturated carbocycles. The summed E-state index contributed by atoms with van der Waals surface area (Å²) in [6.07, 6.45) is 1.81. The first-order valence-corrected chi connectivity index (χ1v) is 8.30. The maximum absolute atomic E-state index is 12.9.